The Morgan fingerprint density at radius 2 is 2.17 bits per heavy atom. The minimum atomic E-state index is -0.483. The summed E-state index contributed by atoms with van der Waals surface area (Å²) >= 11 is 0. The number of pyridine rings is 1. The molecular formula is C14H19NO3. The molecule has 0 aliphatic rings. The lowest BCUT2D eigenvalue weighted by Gasteiger charge is -2.08. The summed E-state index contributed by atoms with van der Waals surface area (Å²) in [5.74, 6) is -0.483. The molecule has 4 heteroatoms. The van der Waals surface area contributed by atoms with E-state index in [1.807, 2.05) is 0 Å². The first-order chi connectivity index (χ1) is 8.60. The van der Waals surface area contributed by atoms with E-state index in [0.717, 1.165) is 12.8 Å². The third-order valence-electron chi connectivity index (χ3n) is 2.62. The van der Waals surface area contributed by atoms with E-state index in [1.54, 1.807) is 23.8 Å². The van der Waals surface area contributed by atoms with E-state index >= 15 is 0 Å². The fourth-order valence-corrected chi connectivity index (χ4v) is 1.54. The zero-order chi connectivity index (χ0) is 13.5. The zero-order valence-electron chi connectivity index (χ0n) is 10.9. The maximum absolute atomic E-state index is 11.8. The highest BCUT2D eigenvalue weighted by molar-refractivity contribution is 6.15. The highest BCUT2D eigenvalue weighted by atomic mass is 16.5. The number of unbranched alkanes of at least 4 members (excludes halogenated alkanes) is 1. The van der Waals surface area contributed by atoms with Gasteiger partial charge in [-0.1, -0.05) is 19.9 Å². The molecule has 18 heavy (non-hydrogen) atoms. The Labute approximate surface area is 107 Å². The van der Waals surface area contributed by atoms with Crippen LogP contribution in [-0.2, 0) is 16.1 Å². The molecule has 0 amide bonds. The number of aryl methyl sites for hydroxylation is 1. The minimum Gasteiger partial charge on any atom is -0.462 e. The standard InChI is InChI=1S/C14H19NO3/c1-4-6-8-15-9-7-12(10-13(15)16)11(3)14(17)18-5-2/h7,9-10H,3-6,8H2,1-2H3. The molecular weight excluding hydrogens is 230 g/mol. The third-order valence-corrected chi connectivity index (χ3v) is 2.62. The van der Waals surface area contributed by atoms with Crippen molar-refractivity contribution in [2.75, 3.05) is 6.61 Å². The van der Waals surface area contributed by atoms with Crippen molar-refractivity contribution in [3.8, 4) is 0 Å². The van der Waals surface area contributed by atoms with Crippen molar-refractivity contribution in [3.63, 3.8) is 0 Å². The summed E-state index contributed by atoms with van der Waals surface area (Å²) in [6, 6.07) is 3.14. The third kappa shape index (κ3) is 3.58. The molecule has 1 aromatic rings. The molecule has 98 valence electrons. The van der Waals surface area contributed by atoms with E-state index in [-0.39, 0.29) is 11.1 Å². The number of rotatable bonds is 6. The van der Waals surface area contributed by atoms with Gasteiger partial charge in [0.25, 0.3) is 5.56 Å². The highest BCUT2D eigenvalue weighted by Gasteiger charge is 2.11. The summed E-state index contributed by atoms with van der Waals surface area (Å²) in [4.78, 5) is 23.3. The van der Waals surface area contributed by atoms with E-state index in [2.05, 4.69) is 13.5 Å². The summed E-state index contributed by atoms with van der Waals surface area (Å²) in [7, 11) is 0. The molecule has 0 atom stereocenters. The first kappa shape index (κ1) is 14.2. The predicted octanol–water partition coefficient (Wildman–Crippen LogP) is 2.22. The Morgan fingerprint density at radius 3 is 2.72 bits per heavy atom. The number of hydrogen-bond acceptors (Lipinski definition) is 3. The molecule has 0 radical (unpaired) electrons. The van der Waals surface area contributed by atoms with Crippen LogP contribution >= 0.6 is 0 Å². The summed E-state index contributed by atoms with van der Waals surface area (Å²) < 4.78 is 6.48. The number of aromatic nitrogens is 1. The van der Waals surface area contributed by atoms with Gasteiger partial charge < -0.3 is 9.30 Å². The van der Waals surface area contributed by atoms with Crippen molar-refractivity contribution in [3.05, 3.63) is 40.8 Å². The lowest BCUT2D eigenvalue weighted by Crippen LogP contribution is -2.19. The van der Waals surface area contributed by atoms with Gasteiger partial charge >= 0.3 is 5.97 Å². The van der Waals surface area contributed by atoms with E-state index < -0.39 is 5.97 Å². The van der Waals surface area contributed by atoms with E-state index in [1.165, 1.54) is 6.07 Å². The molecule has 1 rings (SSSR count). The molecule has 0 saturated heterocycles. The average molecular weight is 249 g/mol. The maximum atomic E-state index is 11.8. The van der Waals surface area contributed by atoms with Gasteiger partial charge in [-0.3, -0.25) is 4.79 Å². The van der Waals surface area contributed by atoms with Crippen LogP contribution in [0.25, 0.3) is 5.57 Å². The van der Waals surface area contributed by atoms with Crippen LogP contribution in [0.3, 0.4) is 0 Å². The molecule has 0 N–H and O–H groups in total. The van der Waals surface area contributed by atoms with Crippen molar-refractivity contribution in [2.45, 2.75) is 33.2 Å². The topological polar surface area (TPSA) is 48.3 Å². The first-order valence-electron chi connectivity index (χ1n) is 6.17. The summed E-state index contributed by atoms with van der Waals surface area (Å²) in [5, 5.41) is 0. The van der Waals surface area contributed by atoms with E-state index in [0.29, 0.717) is 18.7 Å². The van der Waals surface area contributed by atoms with Crippen LogP contribution in [0.15, 0.2) is 29.7 Å². The molecule has 0 fully saturated rings. The monoisotopic (exact) mass is 249 g/mol. The van der Waals surface area contributed by atoms with Gasteiger partial charge in [-0.15, -0.1) is 0 Å². The number of esters is 1. The Hall–Kier alpha value is -1.84. The predicted molar refractivity (Wildman–Crippen MR) is 71.3 cm³/mol. The Bertz CT molecular complexity index is 488. The number of nitrogens with zero attached hydrogens (tertiary/aromatic N) is 1. The molecule has 0 saturated carbocycles. The molecule has 0 aromatic carbocycles. The fraction of sp³-hybridized carbons (Fsp3) is 0.429. The van der Waals surface area contributed by atoms with Crippen LogP contribution in [0.5, 0.6) is 0 Å². The largest absolute Gasteiger partial charge is 0.462 e. The van der Waals surface area contributed by atoms with Crippen molar-refractivity contribution in [1.82, 2.24) is 4.57 Å². The van der Waals surface area contributed by atoms with Crippen LogP contribution < -0.4 is 5.56 Å². The van der Waals surface area contributed by atoms with Gasteiger partial charge in [-0.25, -0.2) is 4.79 Å². The molecule has 0 aliphatic heterocycles. The van der Waals surface area contributed by atoms with Gasteiger partial charge in [0.05, 0.1) is 12.2 Å². The van der Waals surface area contributed by atoms with Crippen molar-refractivity contribution in [1.29, 1.82) is 0 Å². The lowest BCUT2D eigenvalue weighted by atomic mass is 10.1. The SMILES string of the molecule is C=C(C(=O)OCC)c1ccn(CCCC)c(=O)c1. The van der Waals surface area contributed by atoms with Crippen molar-refractivity contribution in [2.24, 2.45) is 0 Å². The molecule has 0 spiro atoms. The number of carbonyl (C=O) groups is 1. The molecule has 0 aliphatic carbocycles. The van der Waals surface area contributed by atoms with Gasteiger partial charge in [-0.05, 0) is 25.0 Å². The van der Waals surface area contributed by atoms with E-state index in [9.17, 15) is 9.59 Å². The number of ether oxygens (including phenoxy) is 1. The Balaban J connectivity index is 2.87. The lowest BCUT2D eigenvalue weighted by molar-refractivity contribution is -0.136. The van der Waals surface area contributed by atoms with Gasteiger partial charge in [0.1, 0.15) is 0 Å². The van der Waals surface area contributed by atoms with Crippen LogP contribution in [0.1, 0.15) is 32.3 Å². The van der Waals surface area contributed by atoms with Gasteiger partial charge in [-0.2, -0.15) is 0 Å². The highest BCUT2D eigenvalue weighted by Crippen LogP contribution is 2.11. The second-order valence-electron chi connectivity index (χ2n) is 4.00. The van der Waals surface area contributed by atoms with Gasteiger partial charge in [0.15, 0.2) is 0 Å². The van der Waals surface area contributed by atoms with Crippen LogP contribution in [0.4, 0.5) is 0 Å². The number of hydrogen-bond donors (Lipinski definition) is 0. The van der Waals surface area contributed by atoms with Crippen molar-refractivity contribution >= 4 is 11.5 Å². The molecule has 0 unspecified atom stereocenters. The van der Waals surface area contributed by atoms with Crippen LogP contribution in [-0.4, -0.2) is 17.1 Å². The normalized spacial score (nSPS) is 10.1. The van der Waals surface area contributed by atoms with E-state index in [4.69, 9.17) is 4.74 Å². The smallest absolute Gasteiger partial charge is 0.338 e. The Morgan fingerprint density at radius 1 is 1.44 bits per heavy atom. The average Bonchev–Trinajstić information content (AvgIpc) is 2.36. The van der Waals surface area contributed by atoms with Gasteiger partial charge in [0.2, 0.25) is 0 Å². The molecule has 0 bridgehead atoms. The maximum Gasteiger partial charge on any atom is 0.338 e. The fourth-order valence-electron chi connectivity index (χ4n) is 1.54. The van der Waals surface area contributed by atoms with Crippen molar-refractivity contribution < 1.29 is 9.53 Å². The molecule has 4 nitrogen and oxygen atoms in total. The Kier molecular flexibility index (Phi) is 5.36. The zero-order valence-corrected chi connectivity index (χ0v) is 10.9. The van der Waals surface area contributed by atoms with Gasteiger partial charge in [0, 0.05) is 18.8 Å². The number of carbonyl (C=O) groups excluding carboxylic acids is 1. The van der Waals surface area contributed by atoms with Crippen LogP contribution in [0, 0.1) is 0 Å². The quantitative estimate of drug-likeness (QED) is 0.573. The molecule has 1 heterocycles. The first-order valence-corrected chi connectivity index (χ1v) is 6.17. The second-order valence-corrected chi connectivity index (χ2v) is 4.00. The summed E-state index contributed by atoms with van der Waals surface area (Å²) in [6.45, 7) is 8.45. The second kappa shape index (κ2) is 6.79. The van der Waals surface area contributed by atoms with Crippen LogP contribution in [0.2, 0.25) is 0 Å². The summed E-state index contributed by atoms with van der Waals surface area (Å²) in [6.07, 6.45) is 3.68. The summed E-state index contributed by atoms with van der Waals surface area (Å²) in [5.41, 5.74) is 0.620. The molecule has 1 aromatic heterocycles. The minimum absolute atomic E-state index is 0.119.